The summed E-state index contributed by atoms with van der Waals surface area (Å²) in [4.78, 5) is 25.7. The number of allylic oxidation sites excluding steroid dienone is 15. The Labute approximate surface area is 540 Å². The lowest BCUT2D eigenvalue weighted by molar-refractivity contribution is -0.870. The zero-order chi connectivity index (χ0) is 63.4. The first kappa shape index (κ1) is 84.4. The molecule has 87 heavy (non-hydrogen) atoms. The second kappa shape index (κ2) is 67.8. The van der Waals surface area contributed by atoms with Gasteiger partial charge in [-0.2, -0.15) is 0 Å². The number of amides is 1. The highest BCUT2D eigenvalue weighted by Gasteiger charge is 2.23. The highest BCUT2D eigenvalue weighted by Crippen LogP contribution is 2.38. The van der Waals surface area contributed by atoms with Crippen molar-refractivity contribution in [3.63, 3.8) is 0 Å². The predicted molar refractivity (Wildman–Crippen MR) is 380 cm³/mol. The van der Waals surface area contributed by atoms with Crippen LogP contribution in [0.3, 0.4) is 0 Å². The van der Waals surface area contributed by atoms with Gasteiger partial charge in [0.25, 0.3) is 7.82 Å². The van der Waals surface area contributed by atoms with E-state index < -0.39 is 20.0 Å². The second-order valence-corrected chi connectivity index (χ2v) is 27.7. The lowest BCUT2D eigenvalue weighted by atomic mass is 10.0. The van der Waals surface area contributed by atoms with Gasteiger partial charge in [0.1, 0.15) is 13.2 Å². The summed E-state index contributed by atoms with van der Waals surface area (Å²) in [6.45, 7) is 4.57. The van der Waals surface area contributed by atoms with Crippen LogP contribution in [0.5, 0.6) is 0 Å². The number of rotatable bonds is 68. The molecule has 0 aliphatic rings. The van der Waals surface area contributed by atoms with Crippen molar-refractivity contribution in [3.8, 4) is 0 Å². The Hall–Kier alpha value is -2.58. The first-order valence-corrected chi connectivity index (χ1v) is 38.6. The van der Waals surface area contributed by atoms with Crippen LogP contribution in [-0.2, 0) is 18.4 Å². The topological polar surface area (TPSA) is 108 Å². The molecular formula is C78H143N2O6P. The molecule has 0 rings (SSSR count). The van der Waals surface area contributed by atoms with Crippen LogP contribution in [0.15, 0.2) is 97.2 Å². The Morgan fingerprint density at radius 3 is 1.02 bits per heavy atom. The van der Waals surface area contributed by atoms with Crippen molar-refractivity contribution < 1.29 is 32.9 Å². The van der Waals surface area contributed by atoms with Crippen molar-refractivity contribution in [2.24, 2.45) is 0 Å². The van der Waals surface area contributed by atoms with Gasteiger partial charge in [0.15, 0.2) is 0 Å². The summed E-state index contributed by atoms with van der Waals surface area (Å²) < 4.78 is 23.5. The number of hydrogen-bond acceptors (Lipinski definition) is 6. The zero-order valence-electron chi connectivity index (χ0n) is 58.0. The Morgan fingerprint density at radius 2 is 0.701 bits per heavy atom. The summed E-state index contributed by atoms with van der Waals surface area (Å²) in [5, 5.41) is 14.0. The summed E-state index contributed by atoms with van der Waals surface area (Å²) >= 11 is 0. The quantitative estimate of drug-likeness (QED) is 0.0272. The smallest absolute Gasteiger partial charge is 0.268 e. The van der Waals surface area contributed by atoms with E-state index >= 15 is 0 Å². The molecule has 0 heterocycles. The highest BCUT2D eigenvalue weighted by atomic mass is 31.2. The Bertz CT molecular complexity index is 1740. The van der Waals surface area contributed by atoms with Crippen molar-refractivity contribution in [1.29, 1.82) is 0 Å². The number of phosphoric ester groups is 1. The van der Waals surface area contributed by atoms with Crippen LogP contribution in [0, 0.1) is 0 Å². The van der Waals surface area contributed by atoms with Crippen LogP contribution < -0.4 is 10.2 Å². The molecule has 0 aliphatic heterocycles. The standard InChI is InChI=1S/C78H143N2O6P/c1-6-8-10-12-14-16-18-20-22-24-26-28-30-32-34-36-37-38-39-40-41-42-43-44-46-48-50-52-54-56-58-60-62-64-66-68-70-72-78(82)79-76(75-86-87(83,84)85-74-73-80(3,4)5)77(81)71-69-67-65-63-61-59-57-55-53-51-49-47-45-35-33-31-29-27-25-23-21-19-17-15-13-11-9-7-2/h8,10,14,16,20,22,26,28,32,34,37-38,40-41,69,71,76-77,81H,6-7,9,11-13,15,17-19,21,23-25,27,29-31,33,35-36,39,42-68,70,72-75H2,1-5H3,(H-,79,82,83,84)/b10-8-,16-14-,22-20-,28-26-,34-32-,38-37-,41-40-,71-69+. The van der Waals surface area contributed by atoms with E-state index in [2.05, 4.69) is 104 Å². The molecule has 0 radical (unpaired) electrons. The van der Waals surface area contributed by atoms with E-state index in [-0.39, 0.29) is 19.1 Å². The molecular weight excluding hydrogens is 1090 g/mol. The molecule has 0 aromatic carbocycles. The van der Waals surface area contributed by atoms with Gasteiger partial charge in [-0.15, -0.1) is 0 Å². The van der Waals surface area contributed by atoms with Crippen LogP contribution in [0.4, 0.5) is 0 Å². The van der Waals surface area contributed by atoms with Crippen LogP contribution in [0.25, 0.3) is 0 Å². The predicted octanol–water partition coefficient (Wildman–Crippen LogP) is 23.4. The van der Waals surface area contributed by atoms with Gasteiger partial charge in [-0.1, -0.05) is 355 Å². The number of quaternary nitrogens is 1. The number of phosphoric acid groups is 1. The molecule has 9 heteroatoms. The summed E-state index contributed by atoms with van der Waals surface area (Å²) in [7, 11) is 1.27. The van der Waals surface area contributed by atoms with Crippen molar-refractivity contribution >= 4 is 13.7 Å². The summed E-state index contributed by atoms with van der Waals surface area (Å²) in [6, 6.07) is -0.893. The van der Waals surface area contributed by atoms with Crippen molar-refractivity contribution in [2.45, 2.75) is 353 Å². The minimum Gasteiger partial charge on any atom is -0.756 e. The molecule has 0 saturated carbocycles. The van der Waals surface area contributed by atoms with Crippen LogP contribution in [0.2, 0.25) is 0 Å². The zero-order valence-corrected chi connectivity index (χ0v) is 58.9. The number of aliphatic hydroxyl groups excluding tert-OH is 1. The Morgan fingerprint density at radius 1 is 0.414 bits per heavy atom. The molecule has 0 bridgehead atoms. The number of hydrogen-bond donors (Lipinski definition) is 2. The van der Waals surface area contributed by atoms with Crippen LogP contribution in [-0.4, -0.2) is 68.5 Å². The number of carbonyl (C=O) groups is 1. The third kappa shape index (κ3) is 70.7. The van der Waals surface area contributed by atoms with Crippen LogP contribution >= 0.6 is 7.82 Å². The number of nitrogens with zero attached hydrogens (tertiary/aromatic N) is 1. The van der Waals surface area contributed by atoms with Gasteiger partial charge in [0, 0.05) is 6.42 Å². The minimum atomic E-state index is -4.61. The lowest BCUT2D eigenvalue weighted by Gasteiger charge is -2.29. The fourth-order valence-corrected chi connectivity index (χ4v) is 11.6. The number of nitrogens with one attached hydrogen (secondary N) is 1. The molecule has 3 unspecified atom stereocenters. The van der Waals surface area contributed by atoms with Crippen LogP contribution in [0.1, 0.15) is 341 Å². The number of likely N-dealkylation sites (N-methyl/N-ethyl adjacent to an activating group) is 1. The monoisotopic (exact) mass is 1240 g/mol. The molecule has 0 aromatic rings. The molecule has 0 aliphatic carbocycles. The van der Waals surface area contributed by atoms with Crippen molar-refractivity contribution in [2.75, 3.05) is 40.9 Å². The average Bonchev–Trinajstić information content (AvgIpc) is 3.70. The van der Waals surface area contributed by atoms with Gasteiger partial charge in [-0.05, 0) is 77.0 Å². The number of aliphatic hydroxyl groups is 1. The third-order valence-electron chi connectivity index (χ3n) is 16.5. The second-order valence-electron chi connectivity index (χ2n) is 26.3. The molecule has 8 nitrogen and oxygen atoms in total. The van der Waals surface area contributed by atoms with E-state index in [9.17, 15) is 19.4 Å². The molecule has 0 saturated heterocycles. The number of carbonyl (C=O) groups excluding carboxylic acids is 1. The maximum Gasteiger partial charge on any atom is 0.268 e. The first-order valence-electron chi connectivity index (χ1n) is 37.1. The molecule has 0 fully saturated rings. The number of unbranched alkanes of at least 4 members (excludes halogenated alkanes) is 41. The lowest BCUT2D eigenvalue weighted by Crippen LogP contribution is -2.45. The van der Waals surface area contributed by atoms with Gasteiger partial charge < -0.3 is 28.8 Å². The molecule has 3 atom stereocenters. The molecule has 0 spiro atoms. The minimum absolute atomic E-state index is 0.00294. The average molecular weight is 1240 g/mol. The Kier molecular flexibility index (Phi) is 65.8. The first-order chi connectivity index (χ1) is 42.5. The SMILES string of the molecule is CC/C=C\C/C=C\C/C=C\C/C=C\C/C=C\C/C=C\C/C=C\CCCCCCCCCCCCCCCCCC(=O)NC(COP(=O)([O-])OCC[N+](C)(C)C)C(O)/C=C/CCCCCCCCCCCCCCCCCCCCCCCCCCCC. The van der Waals surface area contributed by atoms with E-state index in [0.29, 0.717) is 17.4 Å². The van der Waals surface area contributed by atoms with E-state index in [1.54, 1.807) is 6.08 Å². The molecule has 0 aromatic heterocycles. The normalized spacial score (nSPS) is 14.1. The largest absolute Gasteiger partial charge is 0.756 e. The molecule has 506 valence electrons. The van der Waals surface area contributed by atoms with Gasteiger partial charge in [0.05, 0.1) is 39.9 Å². The van der Waals surface area contributed by atoms with E-state index in [1.165, 1.54) is 238 Å². The van der Waals surface area contributed by atoms with E-state index in [0.717, 1.165) is 83.5 Å². The fourth-order valence-electron chi connectivity index (χ4n) is 10.8. The third-order valence-corrected chi connectivity index (χ3v) is 17.5. The summed E-state index contributed by atoms with van der Waals surface area (Å²) in [5.74, 6) is -0.196. The van der Waals surface area contributed by atoms with Gasteiger partial charge >= 0.3 is 0 Å². The Balaban J connectivity index is 4.04. The van der Waals surface area contributed by atoms with Gasteiger partial charge in [-0.3, -0.25) is 9.36 Å². The summed E-state index contributed by atoms with van der Waals surface area (Å²) in [6.07, 6.45) is 98.2. The molecule has 2 N–H and O–H groups in total. The van der Waals surface area contributed by atoms with Gasteiger partial charge in [0.2, 0.25) is 5.91 Å². The maximum atomic E-state index is 13.1. The van der Waals surface area contributed by atoms with Crippen molar-refractivity contribution in [1.82, 2.24) is 5.32 Å². The highest BCUT2D eigenvalue weighted by molar-refractivity contribution is 7.45. The van der Waals surface area contributed by atoms with Gasteiger partial charge in [-0.25, -0.2) is 0 Å². The molecule has 1 amide bonds. The van der Waals surface area contributed by atoms with E-state index in [1.807, 2.05) is 27.2 Å². The van der Waals surface area contributed by atoms with Crippen molar-refractivity contribution in [3.05, 3.63) is 97.2 Å². The summed E-state index contributed by atoms with van der Waals surface area (Å²) in [5.41, 5.74) is 0. The maximum absolute atomic E-state index is 13.1. The fraction of sp³-hybridized carbons (Fsp3) is 0.782. The van der Waals surface area contributed by atoms with E-state index in [4.69, 9.17) is 9.05 Å².